The monoisotopic (exact) mass is 262 g/mol. The van der Waals surface area contributed by atoms with Crippen LogP contribution in [0.4, 0.5) is 0 Å². The molecule has 0 radical (unpaired) electrons. The summed E-state index contributed by atoms with van der Waals surface area (Å²) in [6.45, 7) is 10.5. The van der Waals surface area contributed by atoms with Crippen molar-refractivity contribution in [3.8, 4) is 0 Å². The van der Waals surface area contributed by atoms with E-state index >= 15 is 0 Å². The maximum absolute atomic E-state index is 12.1. The van der Waals surface area contributed by atoms with Gasteiger partial charge in [-0.2, -0.15) is 0 Å². The minimum atomic E-state index is -0.112. The molecule has 1 atom stereocenters. The van der Waals surface area contributed by atoms with Crippen LogP contribution in [-0.2, 0) is 0 Å². The number of carbonyl (C=O) groups excluding carboxylic acids is 1. The van der Waals surface area contributed by atoms with Gasteiger partial charge in [-0.05, 0) is 39.5 Å². The van der Waals surface area contributed by atoms with Crippen LogP contribution in [-0.4, -0.2) is 42.9 Å². The zero-order valence-corrected chi connectivity index (χ0v) is 12.4. The molecule has 1 unspecified atom stereocenters. The Morgan fingerprint density at radius 1 is 1.21 bits per heavy atom. The molecule has 1 rings (SSSR count). The van der Waals surface area contributed by atoms with Crippen molar-refractivity contribution in [2.45, 2.75) is 33.2 Å². The molecule has 106 valence electrons. The third-order valence-corrected chi connectivity index (χ3v) is 3.45. The summed E-state index contributed by atoms with van der Waals surface area (Å²) < 4.78 is 0. The Balaban J connectivity index is 2.28. The fourth-order valence-electron chi connectivity index (χ4n) is 2.11. The zero-order valence-electron chi connectivity index (χ0n) is 12.4. The van der Waals surface area contributed by atoms with Gasteiger partial charge in [-0.25, -0.2) is 0 Å². The van der Waals surface area contributed by atoms with E-state index in [9.17, 15) is 4.79 Å². The fourth-order valence-corrected chi connectivity index (χ4v) is 2.11. The van der Waals surface area contributed by atoms with Crippen molar-refractivity contribution in [2.75, 3.05) is 26.2 Å². The lowest BCUT2D eigenvalue weighted by Gasteiger charge is -2.19. The number of ketones is 1. The summed E-state index contributed by atoms with van der Waals surface area (Å²) in [6, 6.07) is 9.37. The van der Waals surface area contributed by atoms with Gasteiger partial charge in [0.2, 0.25) is 0 Å². The topological polar surface area (TPSA) is 32.3 Å². The van der Waals surface area contributed by atoms with E-state index in [0.717, 1.165) is 38.2 Å². The van der Waals surface area contributed by atoms with Crippen LogP contribution in [0.25, 0.3) is 0 Å². The molecule has 0 saturated heterocycles. The van der Waals surface area contributed by atoms with Gasteiger partial charge < -0.3 is 10.2 Å². The third-order valence-electron chi connectivity index (χ3n) is 3.45. The maximum atomic E-state index is 12.1. The summed E-state index contributed by atoms with van der Waals surface area (Å²) in [5.41, 5.74) is 0.784. The van der Waals surface area contributed by atoms with E-state index < -0.39 is 0 Å². The molecule has 0 spiro atoms. The van der Waals surface area contributed by atoms with Crippen LogP contribution in [0.3, 0.4) is 0 Å². The Kier molecular flexibility index (Phi) is 7.38. The van der Waals surface area contributed by atoms with Gasteiger partial charge in [0.15, 0.2) is 5.78 Å². The van der Waals surface area contributed by atoms with E-state index in [-0.39, 0.29) is 11.8 Å². The Bertz CT molecular complexity index is 360. The number of rotatable bonds is 9. The summed E-state index contributed by atoms with van der Waals surface area (Å²) in [5.74, 6) is 0.170. The molecule has 0 amide bonds. The SMILES string of the molecule is CCN(CC)CCCNC(C)C(=O)c1ccccc1. The van der Waals surface area contributed by atoms with Crippen molar-refractivity contribution in [3.05, 3.63) is 35.9 Å². The minimum Gasteiger partial charge on any atom is -0.307 e. The van der Waals surface area contributed by atoms with Crippen molar-refractivity contribution in [1.82, 2.24) is 10.2 Å². The summed E-state index contributed by atoms with van der Waals surface area (Å²) >= 11 is 0. The van der Waals surface area contributed by atoms with Gasteiger partial charge in [0.1, 0.15) is 0 Å². The average Bonchev–Trinajstić information content (AvgIpc) is 2.47. The molecular formula is C16H26N2O. The summed E-state index contributed by atoms with van der Waals surface area (Å²) in [4.78, 5) is 14.5. The van der Waals surface area contributed by atoms with Gasteiger partial charge in [-0.1, -0.05) is 44.2 Å². The number of Topliss-reactive ketones (excluding diaryl/α,β-unsaturated/α-hetero) is 1. The molecule has 0 aliphatic rings. The molecule has 19 heavy (non-hydrogen) atoms. The highest BCUT2D eigenvalue weighted by Gasteiger charge is 2.13. The first-order valence-electron chi connectivity index (χ1n) is 7.24. The van der Waals surface area contributed by atoms with Crippen LogP contribution in [0.2, 0.25) is 0 Å². The standard InChI is InChI=1S/C16H26N2O/c1-4-18(5-2)13-9-12-17-14(3)16(19)15-10-7-6-8-11-15/h6-8,10-11,14,17H,4-5,9,12-13H2,1-3H3. The first kappa shape index (κ1) is 15.9. The van der Waals surface area contributed by atoms with E-state index in [1.165, 1.54) is 0 Å². The van der Waals surface area contributed by atoms with E-state index in [4.69, 9.17) is 0 Å². The molecular weight excluding hydrogens is 236 g/mol. The van der Waals surface area contributed by atoms with E-state index in [0.29, 0.717) is 0 Å². The van der Waals surface area contributed by atoms with Crippen LogP contribution < -0.4 is 5.32 Å². The minimum absolute atomic E-state index is 0.112. The maximum Gasteiger partial charge on any atom is 0.179 e. The number of nitrogens with zero attached hydrogens (tertiary/aromatic N) is 1. The third kappa shape index (κ3) is 5.53. The van der Waals surface area contributed by atoms with Crippen LogP contribution in [0, 0.1) is 0 Å². The van der Waals surface area contributed by atoms with Gasteiger partial charge in [0.05, 0.1) is 6.04 Å². The van der Waals surface area contributed by atoms with E-state index in [2.05, 4.69) is 24.1 Å². The molecule has 0 aliphatic heterocycles. The number of nitrogens with one attached hydrogen (secondary N) is 1. The lowest BCUT2D eigenvalue weighted by Crippen LogP contribution is -2.36. The lowest BCUT2D eigenvalue weighted by molar-refractivity contribution is 0.0950. The fraction of sp³-hybridized carbons (Fsp3) is 0.562. The van der Waals surface area contributed by atoms with Crippen molar-refractivity contribution in [3.63, 3.8) is 0 Å². The highest BCUT2D eigenvalue weighted by molar-refractivity contribution is 5.99. The normalized spacial score (nSPS) is 12.6. The molecule has 0 aromatic heterocycles. The number of carbonyl (C=O) groups is 1. The first-order valence-corrected chi connectivity index (χ1v) is 7.24. The summed E-state index contributed by atoms with van der Waals surface area (Å²) in [7, 11) is 0. The van der Waals surface area contributed by atoms with Gasteiger partial charge >= 0.3 is 0 Å². The predicted molar refractivity (Wildman–Crippen MR) is 80.6 cm³/mol. The van der Waals surface area contributed by atoms with Crippen molar-refractivity contribution in [2.24, 2.45) is 0 Å². The first-order chi connectivity index (χ1) is 9.19. The molecule has 0 fully saturated rings. The van der Waals surface area contributed by atoms with Crippen molar-refractivity contribution in [1.29, 1.82) is 0 Å². The zero-order chi connectivity index (χ0) is 14.1. The Labute approximate surface area is 117 Å². The van der Waals surface area contributed by atoms with Gasteiger partial charge in [0, 0.05) is 5.56 Å². The number of hydrogen-bond donors (Lipinski definition) is 1. The molecule has 0 aliphatic carbocycles. The van der Waals surface area contributed by atoms with Gasteiger partial charge in [0.25, 0.3) is 0 Å². The largest absolute Gasteiger partial charge is 0.307 e. The van der Waals surface area contributed by atoms with Crippen LogP contribution >= 0.6 is 0 Å². The highest BCUT2D eigenvalue weighted by atomic mass is 16.1. The molecule has 1 aromatic carbocycles. The highest BCUT2D eigenvalue weighted by Crippen LogP contribution is 2.03. The summed E-state index contributed by atoms with van der Waals surface area (Å²) in [5, 5.41) is 3.31. The summed E-state index contributed by atoms with van der Waals surface area (Å²) in [6.07, 6.45) is 1.08. The second-order valence-corrected chi connectivity index (χ2v) is 4.79. The lowest BCUT2D eigenvalue weighted by atomic mass is 10.1. The van der Waals surface area contributed by atoms with Crippen molar-refractivity contribution < 1.29 is 4.79 Å². The molecule has 0 saturated carbocycles. The van der Waals surface area contributed by atoms with Gasteiger partial charge in [-0.3, -0.25) is 4.79 Å². The van der Waals surface area contributed by atoms with Crippen LogP contribution in [0.15, 0.2) is 30.3 Å². The molecule has 3 heteroatoms. The number of hydrogen-bond acceptors (Lipinski definition) is 3. The second-order valence-electron chi connectivity index (χ2n) is 4.79. The average molecular weight is 262 g/mol. The molecule has 0 heterocycles. The van der Waals surface area contributed by atoms with E-state index in [1.54, 1.807) is 0 Å². The Morgan fingerprint density at radius 3 is 2.42 bits per heavy atom. The predicted octanol–water partition coefficient (Wildman–Crippen LogP) is 2.58. The number of benzene rings is 1. The molecule has 3 nitrogen and oxygen atoms in total. The van der Waals surface area contributed by atoms with E-state index in [1.807, 2.05) is 37.3 Å². The molecule has 0 bridgehead atoms. The Morgan fingerprint density at radius 2 is 1.84 bits per heavy atom. The quantitative estimate of drug-likeness (QED) is 0.548. The van der Waals surface area contributed by atoms with Crippen LogP contribution in [0.5, 0.6) is 0 Å². The smallest absolute Gasteiger partial charge is 0.179 e. The van der Waals surface area contributed by atoms with Gasteiger partial charge in [-0.15, -0.1) is 0 Å². The van der Waals surface area contributed by atoms with Crippen molar-refractivity contribution >= 4 is 5.78 Å². The Hall–Kier alpha value is -1.19. The molecule has 1 N–H and O–H groups in total. The second kappa shape index (κ2) is 8.83. The molecule has 1 aromatic rings. The van der Waals surface area contributed by atoms with Crippen LogP contribution in [0.1, 0.15) is 37.6 Å².